The van der Waals surface area contributed by atoms with Crippen LogP contribution in [-0.2, 0) is 0 Å². The summed E-state index contributed by atoms with van der Waals surface area (Å²) in [6.07, 6.45) is 0. The molecule has 0 atom stereocenters. The van der Waals surface area contributed by atoms with Crippen molar-refractivity contribution in [3.05, 3.63) is 0 Å². The summed E-state index contributed by atoms with van der Waals surface area (Å²) >= 11 is 0. The quantitative estimate of drug-likeness (QED) is 0.364. The molecule has 0 N–H and O–H groups in total. The van der Waals surface area contributed by atoms with Crippen molar-refractivity contribution in [2.75, 3.05) is 0 Å². The fraction of sp³-hybridized carbons (Fsp3) is 0. The molecule has 0 unspecified atom stereocenters. The number of hydrogen-bond donors (Lipinski definition) is 0. The second-order valence-corrected chi connectivity index (χ2v) is 0.537. The molecule has 0 amide bonds. The second kappa shape index (κ2) is 1.29. The molecule has 1 rings (SSSR count). The predicted molar refractivity (Wildman–Crippen MR) is 13.2 cm³/mol. The summed E-state index contributed by atoms with van der Waals surface area (Å²) in [4.78, 5) is 0. The van der Waals surface area contributed by atoms with E-state index in [2.05, 4.69) is 31.3 Å². The fourth-order valence-electron chi connectivity index (χ4n) is 0.107. The molecule has 0 spiro atoms. The molecule has 0 aromatic carbocycles. The minimum atomic E-state index is 3.00. The third-order valence-electron chi connectivity index (χ3n) is 0.240. The molecule has 0 saturated carbocycles. The topological polar surface area (TPSA) is 77.3 Å². The standard InChI is InChI=1S/N6/c1-2-4-6-5-3-1. The minimum absolute atomic E-state index is 3.00. The number of rotatable bonds is 0. The van der Waals surface area contributed by atoms with Gasteiger partial charge in [0, 0.05) is 31.3 Å². The zero-order valence-electron chi connectivity index (χ0n) is 2.68. The van der Waals surface area contributed by atoms with Gasteiger partial charge >= 0.3 is 0 Å². The van der Waals surface area contributed by atoms with E-state index in [4.69, 9.17) is 0 Å². The Labute approximate surface area is 32.6 Å². The number of aromatic nitrogens is 6. The molecule has 6 heavy (non-hydrogen) atoms. The van der Waals surface area contributed by atoms with Crippen LogP contribution in [0.1, 0.15) is 0 Å². The van der Waals surface area contributed by atoms with Crippen LogP contribution in [0.25, 0.3) is 0 Å². The van der Waals surface area contributed by atoms with E-state index in [0.29, 0.717) is 0 Å². The molecule has 0 bridgehead atoms. The normalized spacial score (nSPS) is 8.00. The maximum Gasteiger partial charge on any atom is 0 e. The Hall–Kier alpha value is -1.20. The van der Waals surface area contributed by atoms with E-state index in [0.717, 1.165) is 0 Å². The molecule has 6 nitrogen and oxygen atoms in total. The largest absolute Gasteiger partial charge is 0 e. The molecular formula is N6. The van der Waals surface area contributed by atoms with E-state index >= 15 is 0 Å². The zero-order valence-corrected chi connectivity index (χ0v) is 2.68. The van der Waals surface area contributed by atoms with Crippen molar-refractivity contribution in [2.24, 2.45) is 0 Å². The van der Waals surface area contributed by atoms with Gasteiger partial charge in [0.15, 0.2) is 0 Å². The van der Waals surface area contributed by atoms with E-state index in [-0.39, 0.29) is 0 Å². The van der Waals surface area contributed by atoms with E-state index in [1.54, 1.807) is 0 Å². The van der Waals surface area contributed by atoms with Crippen LogP contribution < -0.4 is 0 Å². The van der Waals surface area contributed by atoms with Gasteiger partial charge in [-0.05, 0) is 0 Å². The van der Waals surface area contributed by atoms with Crippen molar-refractivity contribution in [1.29, 1.82) is 0 Å². The van der Waals surface area contributed by atoms with Crippen molar-refractivity contribution < 1.29 is 0 Å². The molecule has 0 aliphatic carbocycles. The molecule has 1 aromatic heterocycles. The fourth-order valence-corrected chi connectivity index (χ4v) is 0.107. The number of nitrogens with zero attached hydrogens (tertiary/aromatic N) is 6. The summed E-state index contributed by atoms with van der Waals surface area (Å²) in [6.45, 7) is 0. The minimum Gasteiger partial charge on any atom is 0 e. The molecule has 0 aliphatic heterocycles. The van der Waals surface area contributed by atoms with Gasteiger partial charge in [-0.3, -0.25) is 0 Å². The monoisotopic (exact) mass is 84.0 g/mol. The van der Waals surface area contributed by atoms with Crippen molar-refractivity contribution >= 4 is 0 Å². The van der Waals surface area contributed by atoms with Gasteiger partial charge in [-0.25, -0.2) is 0 Å². The summed E-state index contributed by atoms with van der Waals surface area (Å²) < 4.78 is 0. The van der Waals surface area contributed by atoms with E-state index in [1.807, 2.05) is 0 Å². The van der Waals surface area contributed by atoms with Crippen LogP contribution in [0.3, 0.4) is 0 Å². The third-order valence-corrected chi connectivity index (χ3v) is 0.240. The van der Waals surface area contributed by atoms with Crippen LogP contribution in [-0.4, -0.2) is 31.3 Å². The van der Waals surface area contributed by atoms with Gasteiger partial charge in [0.25, 0.3) is 0 Å². The van der Waals surface area contributed by atoms with E-state index in [1.165, 1.54) is 0 Å². The van der Waals surface area contributed by atoms with Crippen molar-refractivity contribution in [1.82, 2.24) is 31.3 Å². The predicted octanol–water partition coefficient (Wildman–Crippen LogP) is -1.94. The van der Waals surface area contributed by atoms with Crippen molar-refractivity contribution in [2.45, 2.75) is 0 Å². The highest BCUT2D eigenvalue weighted by Crippen LogP contribution is 1.31. The lowest BCUT2D eigenvalue weighted by molar-refractivity contribution is 0.570. The first kappa shape index (κ1) is 3.01. The van der Waals surface area contributed by atoms with Gasteiger partial charge in [-0.1, -0.05) is 0 Å². The Morgan fingerprint density at radius 3 is 0.667 bits per heavy atom. The Bertz CT molecular complexity index is 72.0. The first-order valence-electron chi connectivity index (χ1n) is 1.20. The molecule has 0 saturated heterocycles. The van der Waals surface area contributed by atoms with Crippen LogP contribution in [0.15, 0.2) is 0 Å². The average Bonchev–Trinajstić information content (AvgIpc) is 1.72. The SMILES string of the molecule is n1nnnnn1. The highest BCUT2D eigenvalue weighted by molar-refractivity contribution is 3.84. The van der Waals surface area contributed by atoms with Crippen LogP contribution in [0.5, 0.6) is 0 Å². The van der Waals surface area contributed by atoms with Gasteiger partial charge < -0.3 is 0 Å². The number of hydrogen-bond acceptors (Lipinski definition) is 6. The molecule has 0 aliphatic rings. The highest BCUT2D eigenvalue weighted by Gasteiger charge is 1.64. The summed E-state index contributed by atoms with van der Waals surface area (Å²) in [5.41, 5.74) is 0. The summed E-state index contributed by atoms with van der Waals surface area (Å²) in [7, 11) is 0. The Kier molecular flexibility index (Phi) is 0.648. The summed E-state index contributed by atoms with van der Waals surface area (Å²) in [6, 6.07) is 0. The average molecular weight is 84.0 g/mol. The zero-order chi connectivity index (χ0) is 4.24. The first-order valence-corrected chi connectivity index (χ1v) is 1.20. The Morgan fingerprint density at radius 1 is 0.333 bits per heavy atom. The van der Waals surface area contributed by atoms with Crippen LogP contribution >= 0.6 is 0 Å². The summed E-state index contributed by atoms with van der Waals surface area (Å²) in [5.74, 6) is 0. The van der Waals surface area contributed by atoms with Gasteiger partial charge in [0.2, 0.25) is 0 Å². The Balaban J connectivity index is 3.00. The maximum atomic E-state index is 3.00. The summed E-state index contributed by atoms with van der Waals surface area (Å²) in [5, 5.41) is 18.0. The van der Waals surface area contributed by atoms with Gasteiger partial charge in [-0.2, -0.15) is 0 Å². The van der Waals surface area contributed by atoms with Gasteiger partial charge in [0.05, 0.1) is 0 Å². The lowest BCUT2D eigenvalue weighted by Crippen LogP contribution is -1.96. The third kappa shape index (κ3) is 0.394. The van der Waals surface area contributed by atoms with E-state index < -0.39 is 0 Å². The molecule has 0 radical (unpaired) electrons. The van der Waals surface area contributed by atoms with Crippen LogP contribution in [0.2, 0.25) is 0 Å². The molecule has 0 fully saturated rings. The smallest absolute Gasteiger partial charge is 0 e. The molecular weight excluding hydrogens is 84.0 g/mol. The van der Waals surface area contributed by atoms with E-state index in [9.17, 15) is 0 Å². The molecule has 30 valence electrons. The van der Waals surface area contributed by atoms with Gasteiger partial charge in [0.1, 0.15) is 0 Å². The highest BCUT2D eigenvalue weighted by atomic mass is 15.6. The molecule has 6 heteroatoms. The van der Waals surface area contributed by atoms with Crippen LogP contribution in [0.4, 0.5) is 0 Å². The van der Waals surface area contributed by atoms with Crippen molar-refractivity contribution in [3.63, 3.8) is 0 Å². The molecule has 1 heterocycles. The first-order chi connectivity index (χ1) is 3.00. The lowest BCUT2D eigenvalue weighted by atomic mass is 12.4. The second-order valence-electron chi connectivity index (χ2n) is 0.537. The van der Waals surface area contributed by atoms with Crippen molar-refractivity contribution in [3.8, 4) is 0 Å². The lowest BCUT2D eigenvalue weighted by Gasteiger charge is -1.63. The Morgan fingerprint density at radius 2 is 0.500 bits per heavy atom. The van der Waals surface area contributed by atoms with Gasteiger partial charge in [-0.15, -0.1) is 0 Å². The molecule has 1 aromatic rings. The maximum absolute atomic E-state index is 3.00. The van der Waals surface area contributed by atoms with Crippen LogP contribution in [0, 0.1) is 0 Å².